The molecule has 2 aromatic carbocycles. The number of aryl methyl sites for hydroxylation is 1. The number of hydrogen-bond donors (Lipinski definition) is 2. The second-order valence-electron chi connectivity index (χ2n) is 12.0. The minimum Gasteiger partial charge on any atom is -0.388 e. The Hall–Kier alpha value is -3.44. The van der Waals surface area contributed by atoms with Gasteiger partial charge in [0.2, 0.25) is 0 Å². The summed E-state index contributed by atoms with van der Waals surface area (Å²) in [5, 5.41) is 15.0. The lowest BCUT2D eigenvalue weighted by Gasteiger charge is -2.46. The van der Waals surface area contributed by atoms with Crippen LogP contribution in [-0.2, 0) is 36.5 Å². The van der Waals surface area contributed by atoms with E-state index in [1.165, 1.54) is 11.0 Å². The van der Waals surface area contributed by atoms with Gasteiger partial charge in [-0.15, -0.1) is 10.2 Å². The quantitative estimate of drug-likeness (QED) is 0.391. The minimum absolute atomic E-state index is 0.0172. The van der Waals surface area contributed by atoms with E-state index in [1.807, 2.05) is 23.7 Å². The molecule has 6 rings (SSSR count). The Kier molecular flexibility index (Phi) is 6.65. The van der Waals surface area contributed by atoms with E-state index in [0.29, 0.717) is 24.1 Å². The maximum absolute atomic E-state index is 14.3. The molecule has 2 saturated carbocycles. The number of halogens is 3. The molecular weight excluding hydrogens is 533 g/mol. The standard InChI is InChI=1S/C30H35F3N6O2/c1-28(6-5-7-28)35-15-18-8-23-24(25(9-18)30(31,32)33)16-39(26(23)40)21-11-19(10-20(12-21)34-2)29(13-22(14-29)41-4)27-37-36-17-38(27)3/h8-12,17,22,34-35H,5-7,13-16H2,1-4H3/t22-,29-. The molecule has 0 spiro atoms. The number of methoxy groups -OCH3 is 1. The summed E-state index contributed by atoms with van der Waals surface area (Å²) in [6.45, 7) is 2.21. The third kappa shape index (κ3) is 4.68. The molecule has 0 atom stereocenters. The van der Waals surface area contributed by atoms with E-state index in [1.54, 1.807) is 32.6 Å². The second-order valence-corrected chi connectivity index (χ2v) is 12.0. The van der Waals surface area contributed by atoms with Gasteiger partial charge in [0.05, 0.1) is 23.6 Å². The van der Waals surface area contributed by atoms with Crippen molar-refractivity contribution in [3.8, 4) is 0 Å². The lowest BCUT2D eigenvalue weighted by Crippen LogP contribution is -2.48. The molecule has 2 heterocycles. The summed E-state index contributed by atoms with van der Waals surface area (Å²) >= 11 is 0. The summed E-state index contributed by atoms with van der Waals surface area (Å²) in [6.07, 6.45) is 1.53. The van der Waals surface area contributed by atoms with Crippen LogP contribution in [-0.4, -0.2) is 46.5 Å². The second kappa shape index (κ2) is 9.84. The first kappa shape index (κ1) is 27.7. The van der Waals surface area contributed by atoms with E-state index in [4.69, 9.17) is 4.74 Å². The highest BCUT2D eigenvalue weighted by atomic mass is 19.4. The predicted molar refractivity (Wildman–Crippen MR) is 149 cm³/mol. The molecule has 1 aliphatic heterocycles. The normalized spacial score (nSPS) is 23.2. The molecule has 11 heteroatoms. The first-order chi connectivity index (χ1) is 19.5. The number of nitrogens with zero attached hydrogens (tertiary/aromatic N) is 4. The highest BCUT2D eigenvalue weighted by Crippen LogP contribution is 2.51. The summed E-state index contributed by atoms with van der Waals surface area (Å²) in [5.41, 5.74) is 1.46. The monoisotopic (exact) mass is 568 g/mol. The first-order valence-corrected chi connectivity index (χ1v) is 14.0. The fraction of sp³-hybridized carbons (Fsp3) is 0.500. The number of carbonyl (C=O) groups is 1. The summed E-state index contributed by atoms with van der Waals surface area (Å²) in [4.78, 5) is 15.2. The Labute approximate surface area is 237 Å². The van der Waals surface area contributed by atoms with Gasteiger partial charge >= 0.3 is 6.18 Å². The van der Waals surface area contributed by atoms with E-state index in [-0.39, 0.29) is 35.9 Å². The van der Waals surface area contributed by atoms with Crippen molar-refractivity contribution >= 4 is 17.3 Å². The first-order valence-electron chi connectivity index (χ1n) is 14.0. The number of hydrogen-bond acceptors (Lipinski definition) is 6. The van der Waals surface area contributed by atoms with Gasteiger partial charge in [0, 0.05) is 50.2 Å². The van der Waals surface area contributed by atoms with Crippen LogP contribution in [0.3, 0.4) is 0 Å². The van der Waals surface area contributed by atoms with Gasteiger partial charge in [-0.2, -0.15) is 13.2 Å². The molecule has 0 radical (unpaired) electrons. The van der Waals surface area contributed by atoms with Gasteiger partial charge in [0.15, 0.2) is 0 Å². The van der Waals surface area contributed by atoms with Crippen LogP contribution in [0.5, 0.6) is 0 Å². The highest BCUT2D eigenvalue weighted by molar-refractivity contribution is 6.10. The summed E-state index contributed by atoms with van der Waals surface area (Å²) in [7, 11) is 5.34. The summed E-state index contributed by atoms with van der Waals surface area (Å²) in [5.74, 6) is 0.343. The minimum atomic E-state index is -4.58. The molecule has 41 heavy (non-hydrogen) atoms. The van der Waals surface area contributed by atoms with Gasteiger partial charge in [-0.1, -0.05) is 0 Å². The fourth-order valence-corrected chi connectivity index (χ4v) is 6.57. The zero-order valence-electron chi connectivity index (χ0n) is 23.7. The van der Waals surface area contributed by atoms with Gasteiger partial charge in [-0.05, 0) is 86.1 Å². The summed E-state index contributed by atoms with van der Waals surface area (Å²) < 4.78 is 50.4. The van der Waals surface area contributed by atoms with Gasteiger partial charge in [-0.25, -0.2) is 0 Å². The molecule has 2 aliphatic carbocycles. The number of ether oxygens (including phenoxy) is 1. The van der Waals surface area contributed by atoms with Crippen LogP contribution >= 0.6 is 0 Å². The zero-order valence-corrected chi connectivity index (χ0v) is 23.7. The van der Waals surface area contributed by atoms with Crippen molar-refractivity contribution in [1.29, 1.82) is 0 Å². The maximum Gasteiger partial charge on any atom is 0.416 e. The average Bonchev–Trinajstić information content (AvgIpc) is 3.48. The molecular formula is C30H35F3N6O2. The van der Waals surface area contributed by atoms with Gasteiger partial charge in [0.1, 0.15) is 12.2 Å². The number of rotatable bonds is 8. The SMILES string of the molecule is CNc1cc(N2Cc3c(cc(CNC4(C)CCC4)cc3C(F)(F)F)C2=O)cc([C@]2(c3nncn3C)C[C@H](OC)C2)c1. The topological polar surface area (TPSA) is 84.3 Å². The van der Waals surface area contributed by atoms with E-state index in [0.717, 1.165) is 36.3 Å². The van der Waals surface area contributed by atoms with Crippen LogP contribution < -0.4 is 15.5 Å². The molecule has 0 saturated heterocycles. The smallest absolute Gasteiger partial charge is 0.388 e. The Bertz CT molecular complexity index is 1490. The van der Waals surface area contributed by atoms with Gasteiger partial charge in [-0.3, -0.25) is 4.79 Å². The van der Waals surface area contributed by atoms with E-state index < -0.39 is 23.1 Å². The van der Waals surface area contributed by atoms with E-state index >= 15 is 0 Å². The summed E-state index contributed by atoms with van der Waals surface area (Å²) in [6, 6.07) is 8.53. The molecule has 8 nitrogen and oxygen atoms in total. The third-order valence-electron chi connectivity index (χ3n) is 9.28. The molecule has 0 bridgehead atoms. The van der Waals surface area contributed by atoms with Crippen molar-refractivity contribution in [2.45, 2.75) is 75.4 Å². The number of anilines is 2. The number of benzene rings is 2. The van der Waals surface area contributed by atoms with E-state index in [9.17, 15) is 18.0 Å². The molecule has 2 fully saturated rings. The lowest BCUT2D eigenvalue weighted by molar-refractivity contribution is -0.138. The molecule has 0 unspecified atom stereocenters. The van der Waals surface area contributed by atoms with E-state index in [2.05, 4.69) is 27.8 Å². The van der Waals surface area contributed by atoms with Gasteiger partial charge in [0.25, 0.3) is 5.91 Å². The van der Waals surface area contributed by atoms with Crippen LogP contribution in [0.25, 0.3) is 0 Å². The predicted octanol–water partition coefficient (Wildman–Crippen LogP) is 5.16. The lowest BCUT2D eigenvalue weighted by atomic mass is 9.61. The number of amides is 1. The van der Waals surface area contributed by atoms with Crippen molar-refractivity contribution in [1.82, 2.24) is 20.1 Å². The third-order valence-corrected chi connectivity index (χ3v) is 9.28. The highest BCUT2D eigenvalue weighted by Gasteiger charge is 2.51. The maximum atomic E-state index is 14.3. The molecule has 2 N–H and O–H groups in total. The van der Waals surface area contributed by atoms with Crippen LogP contribution in [0, 0.1) is 0 Å². The van der Waals surface area contributed by atoms with Crippen molar-refractivity contribution in [3.63, 3.8) is 0 Å². The number of nitrogens with one attached hydrogen (secondary N) is 2. The Morgan fingerprint density at radius 1 is 1.15 bits per heavy atom. The largest absolute Gasteiger partial charge is 0.416 e. The van der Waals surface area contributed by atoms with Crippen molar-refractivity contribution in [2.24, 2.45) is 7.05 Å². The zero-order chi connectivity index (χ0) is 29.2. The molecule has 3 aromatic rings. The number of alkyl halides is 3. The van der Waals surface area contributed by atoms with Crippen LogP contribution in [0.1, 0.15) is 77.5 Å². The molecule has 1 amide bonds. The number of aromatic nitrogens is 3. The van der Waals surface area contributed by atoms with Crippen molar-refractivity contribution in [3.05, 3.63) is 70.3 Å². The van der Waals surface area contributed by atoms with Crippen LogP contribution in [0.4, 0.5) is 24.5 Å². The fourth-order valence-electron chi connectivity index (χ4n) is 6.57. The van der Waals surface area contributed by atoms with Crippen LogP contribution in [0.2, 0.25) is 0 Å². The van der Waals surface area contributed by atoms with Crippen molar-refractivity contribution in [2.75, 3.05) is 24.4 Å². The Morgan fingerprint density at radius 3 is 2.49 bits per heavy atom. The Balaban J connectivity index is 1.38. The average molecular weight is 569 g/mol. The number of fused-ring (bicyclic) bond motifs is 1. The molecule has 3 aliphatic rings. The number of carbonyl (C=O) groups excluding carboxylic acids is 1. The molecule has 1 aromatic heterocycles. The van der Waals surface area contributed by atoms with Gasteiger partial charge < -0.3 is 24.8 Å². The molecule has 218 valence electrons. The Morgan fingerprint density at radius 2 is 1.90 bits per heavy atom. The van der Waals surface area contributed by atoms with Crippen LogP contribution in [0.15, 0.2) is 36.7 Å². The van der Waals surface area contributed by atoms with Crippen molar-refractivity contribution < 1.29 is 22.7 Å².